The van der Waals surface area contributed by atoms with Crippen molar-refractivity contribution in [2.45, 2.75) is 94.5 Å². The number of thioether (sulfide) groups is 1. The summed E-state index contributed by atoms with van der Waals surface area (Å²) in [5.41, 5.74) is 1.65. The molecule has 2 heterocycles. The molecule has 1 saturated carbocycles. The zero-order valence-electron chi connectivity index (χ0n) is 19.5. The minimum absolute atomic E-state index is 0.101. The summed E-state index contributed by atoms with van der Waals surface area (Å²) < 4.78 is -0.458. The van der Waals surface area contributed by atoms with Gasteiger partial charge in [-0.05, 0) is 50.7 Å². The van der Waals surface area contributed by atoms with Gasteiger partial charge in [0, 0.05) is 16.4 Å². The Labute approximate surface area is 195 Å². The van der Waals surface area contributed by atoms with E-state index in [4.69, 9.17) is 0 Å². The summed E-state index contributed by atoms with van der Waals surface area (Å²) in [7, 11) is 0. The van der Waals surface area contributed by atoms with Crippen molar-refractivity contribution >= 4 is 29.5 Å². The first-order valence-electron chi connectivity index (χ1n) is 11.9. The number of fused-ring (bicyclic) bond motifs is 3. The average molecular weight is 458 g/mol. The number of benzene rings is 1. The normalized spacial score (nSPS) is 25.4. The van der Waals surface area contributed by atoms with Crippen molar-refractivity contribution in [2.75, 3.05) is 0 Å². The third kappa shape index (κ3) is 4.41. The van der Waals surface area contributed by atoms with Crippen LogP contribution in [0.1, 0.15) is 87.5 Å². The molecule has 1 aromatic carbocycles. The molecule has 4 rings (SSSR count). The number of carbonyl (C=O) groups excluding carboxylic acids is 3. The Morgan fingerprint density at radius 1 is 1.16 bits per heavy atom. The monoisotopic (exact) mass is 457 g/mol. The van der Waals surface area contributed by atoms with E-state index in [-0.39, 0.29) is 35.1 Å². The summed E-state index contributed by atoms with van der Waals surface area (Å²) in [5, 5.41) is 6.04. The number of hydrogen-bond donors (Lipinski definition) is 2. The van der Waals surface area contributed by atoms with Crippen LogP contribution in [0.25, 0.3) is 0 Å². The third-order valence-electron chi connectivity index (χ3n) is 6.84. The van der Waals surface area contributed by atoms with Crippen LogP contribution < -0.4 is 10.6 Å². The van der Waals surface area contributed by atoms with E-state index in [2.05, 4.69) is 24.5 Å². The van der Waals surface area contributed by atoms with Crippen molar-refractivity contribution in [1.29, 1.82) is 0 Å². The fourth-order valence-electron chi connectivity index (χ4n) is 5.31. The lowest BCUT2D eigenvalue weighted by Gasteiger charge is -2.32. The van der Waals surface area contributed by atoms with Gasteiger partial charge in [0.1, 0.15) is 17.5 Å². The Bertz CT molecular complexity index is 894. The van der Waals surface area contributed by atoms with Crippen molar-refractivity contribution in [3.8, 4) is 0 Å². The van der Waals surface area contributed by atoms with Gasteiger partial charge in [0.05, 0.1) is 0 Å². The van der Waals surface area contributed by atoms with E-state index >= 15 is 0 Å². The molecule has 7 heteroatoms. The van der Waals surface area contributed by atoms with Crippen LogP contribution in [-0.2, 0) is 9.59 Å². The number of nitrogens with zero attached hydrogens (tertiary/aromatic N) is 1. The molecule has 0 spiro atoms. The predicted octanol–water partition coefficient (Wildman–Crippen LogP) is 4.01. The van der Waals surface area contributed by atoms with Crippen LogP contribution in [0.3, 0.4) is 0 Å². The van der Waals surface area contributed by atoms with Gasteiger partial charge in [-0.15, -0.1) is 11.8 Å². The Kier molecular flexibility index (Phi) is 6.57. The van der Waals surface area contributed by atoms with Gasteiger partial charge in [0.15, 0.2) is 0 Å². The second-order valence-corrected chi connectivity index (χ2v) is 12.0. The van der Waals surface area contributed by atoms with Crippen molar-refractivity contribution in [2.24, 2.45) is 5.92 Å². The van der Waals surface area contributed by atoms with Gasteiger partial charge >= 0.3 is 0 Å². The largest absolute Gasteiger partial charge is 0.352 e. The number of rotatable bonds is 6. The molecule has 0 radical (unpaired) electrons. The molecule has 2 aliphatic heterocycles. The summed E-state index contributed by atoms with van der Waals surface area (Å²) in [6.07, 6.45) is 6.07. The second-order valence-electron chi connectivity index (χ2n) is 10.3. The first kappa shape index (κ1) is 23.1. The molecular formula is C25H35N3O3S. The lowest BCUT2D eigenvalue weighted by molar-refractivity contribution is -0.132. The van der Waals surface area contributed by atoms with Gasteiger partial charge < -0.3 is 15.5 Å². The number of carbonyl (C=O) groups is 3. The molecule has 3 unspecified atom stereocenters. The lowest BCUT2D eigenvalue weighted by atomic mass is 9.94. The first-order chi connectivity index (χ1) is 15.2. The number of nitrogens with one attached hydrogen (secondary N) is 2. The van der Waals surface area contributed by atoms with Crippen molar-refractivity contribution in [3.05, 3.63) is 35.4 Å². The number of amides is 3. The molecule has 1 aliphatic carbocycles. The van der Waals surface area contributed by atoms with Gasteiger partial charge in [-0.3, -0.25) is 14.4 Å². The van der Waals surface area contributed by atoms with Crippen molar-refractivity contribution in [1.82, 2.24) is 15.5 Å². The molecule has 174 valence electrons. The van der Waals surface area contributed by atoms with E-state index in [0.29, 0.717) is 12.0 Å². The summed E-state index contributed by atoms with van der Waals surface area (Å²) in [5.74, 6) is -0.185. The van der Waals surface area contributed by atoms with Crippen molar-refractivity contribution < 1.29 is 14.4 Å². The highest BCUT2D eigenvalue weighted by atomic mass is 32.2. The fourth-order valence-corrected chi connectivity index (χ4v) is 6.90. The minimum Gasteiger partial charge on any atom is -0.352 e. The molecule has 1 aromatic rings. The van der Waals surface area contributed by atoms with Gasteiger partial charge in [0.25, 0.3) is 5.91 Å². The van der Waals surface area contributed by atoms with E-state index in [1.54, 1.807) is 16.7 Å². The zero-order chi connectivity index (χ0) is 23.0. The van der Waals surface area contributed by atoms with E-state index in [1.165, 1.54) is 6.42 Å². The summed E-state index contributed by atoms with van der Waals surface area (Å²) in [6, 6.07) is 6.57. The molecule has 6 nitrogen and oxygen atoms in total. The van der Waals surface area contributed by atoms with Crippen LogP contribution in [0, 0.1) is 5.92 Å². The maximum absolute atomic E-state index is 13.6. The van der Waals surface area contributed by atoms with Crippen LogP contribution in [0.4, 0.5) is 0 Å². The molecule has 3 atom stereocenters. The van der Waals surface area contributed by atoms with Crippen LogP contribution in [0.15, 0.2) is 24.3 Å². The standard InChI is InChI=1S/C25H35N3O3S/c1-15(2)14-19(21(29)26-16-10-6-5-7-11-16)27-22(30)20-25(3,4)32-24-18-13-9-8-12-17(18)23(31)28(20)24/h8-9,12-13,15-16,19-20,24H,5-7,10-11,14H2,1-4H3,(H,26,29)(H,27,30). The SMILES string of the molecule is CC(C)CC(NC(=O)C1N2C(=O)c3ccccc3C2SC1(C)C)C(=O)NC1CCCCC1. The zero-order valence-corrected chi connectivity index (χ0v) is 20.3. The molecule has 32 heavy (non-hydrogen) atoms. The molecule has 2 N–H and O–H groups in total. The highest BCUT2D eigenvalue weighted by Gasteiger charge is 2.57. The quantitative estimate of drug-likeness (QED) is 0.676. The summed E-state index contributed by atoms with van der Waals surface area (Å²) in [4.78, 5) is 41.6. The first-order valence-corrected chi connectivity index (χ1v) is 12.8. The minimum atomic E-state index is -0.630. The summed E-state index contributed by atoms with van der Waals surface area (Å²) >= 11 is 1.64. The fraction of sp³-hybridized carbons (Fsp3) is 0.640. The molecule has 3 amide bonds. The predicted molar refractivity (Wildman–Crippen MR) is 127 cm³/mol. The van der Waals surface area contributed by atoms with Gasteiger partial charge in [-0.2, -0.15) is 0 Å². The molecule has 2 fully saturated rings. The van der Waals surface area contributed by atoms with E-state index in [1.807, 2.05) is 38.1 Å². The number of hydrogen-bond acceptors (Lipinski definition) is 4. The summed E-state index contributed by atoms with van der Waals surface area (Å²) in [6.45, 7) is 8.13. The highest BCUT2D eigenvalue weighted by Crippen LogP contribution is 2.56. The van der Waals surface area contributed by atoms with Crippen LogP contribution in [0.2, 0.25) is 0 Å². The van der Waals surface area contributed by atoms with E-state index in [0.717, 1.165) is 31.2 Å². The molecule has 0 aromatic heterocycles. The third-order valence-corrected chi connectivity index (χ3v) is 8.37. The van der Waals surface area contributed by atoms with Crippen molar-refractivity contribution in [3.63, 3.8) is 0 Å². The molecular weight excluding hydrogens is 422 g/mol. The molecule has 3 aliphatic rings. The Morgan fingerprint density at radius 3 is 2.53 bits per heavy atom. The molecule has 0 bridgehead atoms. The van der Waals surface area contributed by atoms with E-state index < -0.39 is 16.8 Å². The second kappa shape index (κ2) is 9.08. The topological polar surface area (TPSA) is 78.5 Å². The maximum atomic E-state index is 13.6. The van der Waals surface area contributed by atoms with Crippen LogP contribution >= 0.6 is 11.8 Å². The van der Waals surface area contributed by atoms with Crippen LogP contribution in [0.5, 0.6) is 0 Å². The van der Waals surface area contributed by atoms with Gasteiger partial charge in [-0.25, -0.2) is 0 Å². The van der Waals surface area contributed by atoms with Gasteiger partial charge in [0.2, 0.25) is 11.8 Å². The van der Waals surface area contributed by atoms with E-state index in [9.17, 15) is 14.4 Å². The highest BCUT2D eigenvalue weighted by molar-refractivity contribution is 8.01. The molecule has 1 saturated heterocycles. The Morgan fingerprint density at radius 2 is 1.84 bits per heavy atom. The lowest BCUT2D eigenvalue weighted by Crippen LogP contribution is -2.58. The smallest absolute Gasteiger partial charge is 0.256 e. The Balaban J connectivity index is 1.52. The average Bonchev–Trinajstić information content (AvgIpc) is 3.17. The Hall–Kier alpha value is -2.02. The van der Waals surface area contributed by atoms with Gasteiger partial charge in [-0.1, -0.05) is 51.3 Å². The van der Waals surface area contributed by atoms with Crippen LogP contribution in [-0.4, -0.2) is 45.5 Å². The maximum Gasteiger partial charge on any atom is 0.256 e.